The van der Waals surface area contributed by atoms with Gasteiger partial charge in [0.2, 0.25) is 11.7 Å². The molecule has 12 heteroatoms. The third-order valence-electron chi connectivity index (χ3n) is 5.17. The smallest absolute Gasteiger partial charge is 0.337 e. The molecule has 0 fully saturated rings. The Morgan fingerprint density at radius 3 is 2.62 bits per heavy atom. The van der Waals surface area contributed by atoms with Gasteiger partial charge in [0.15, 0.2) is 11.2 Å². The normalized spacial score (nSPS) is 11.9. The molecule has 5 aromatic rings. The molecule has 0 unspecified atom stereocenters. The lowest BCUT2D eigenvalue weighted by molar-refractivity contribution is -0.137. The first kappa shape index (κ1) is 21.5. The van der Waals surface area contributed by atoms with Gasteiger partial charge in [-0.05, 0) is 24.6 Å². The van der Waals surface area contributed by atoms with Crippen LogP contribution < -0.4 is 5.56 Å². The number of alkyl halides is 3. The van der Waals surface area contributed by atoms with E-state index in [0.717, 1.165) is 23.3 Å². The molecular weight excluding hydrogens is 451 g/mol. The van der Waals surface area contributed by atoms with Gasteiger partial charge in [-0.3, -0.25) is 9.36 Å². The molecule has 0 bridgehead atoms. The predicted molar refractivity (Wildman–Crippen MR) is 114 cm³/mol. The van der Waals surface area contributed by atoms with Gasteiger partial charge in [-0.25, -0.2) is 9.67 Å². The standard InChI is InChI=1S/C22H16F3N7O2/c1-13-5-7-14(8-6-13)10-32-20-18(28-30-32)21(33)31(12-26-20)11-17-27-19(29-34-17)15-3-2-4-16(9-15)22(23,24)25/h2-9,12H,10-11H2,1H3. The first-order chi connectivity index (χ1) is 16.3. The maximum atomic E-state index is 13.0. The summed E-state index contributed by atoms with van der Waals surface area (Å²) in [7, 11) is 0. The molecule has 0 spiro atoms. The highest BCUT2D eigenvalue weighted by Crippen LogP contribution is 2.31. The molecule has 34 heavy (non-hydrogen) atoms. The van der Waals surface area contributed by atoms with Crippen molar-refractivity contribution in [1.82, 2.24) is 34.7 Å². The average molecular weight is 467 g/mol. The van der Waals surface area contributed by atoms with Gasteiger partial charge in [0.1, 0.15) is 12.9 Å². The second kappa shape index (κ2) is 8.21. The van der Waals surface area contributed by atoms with Crippen LogP contribution in [0.1, 0.15) is 22.6 Å². The van der Waals surface area contributed by atoms with Crippen LogP contribution in [0.25, 0.3) is 22.6 Å². The zero-order valence-corrected chi connectivity index (χ0v) is 17.7. The highest BCUT2D eigenvalue weighted by Gasteiger charge is 2.30. The SMILES string of the molecule is Cc1ccc(Cn2nnc3c(=O)n(Cc4nc(-c5cccc(C(F)(F)F)c5)no4)cnc32)cc1. The summed E-state index contributed by atoms with van der Waals surface area (Å²) < 4.78 is 46.8. The number of hydrogen-bond donors (Lipinski definition) is 0. The van der Waals surface area contributed by atoms with Crippen LogP contribution in [0.3, 0.4) is 0 Å². The maximum Gasteiger partial charge on any atom is 0.416 e. The van der Waals surface area contributed by atoms with E-state index in [4.69, 9.17) is 4.52 Å². The van der Waals surface area contributed by atoms with Crippen LogP contribution in [-0.4, -0.2) is 34.7 Å². The van der Waals surface area contributed by atoms with Crippen LogP contribution >= 0.6 is 0 Å². The number of aryl methyl sites for hydroxylation is 1. The molecule has 3 heterocycles. The van der Waals surface area contributed by atoms with Gasteiger partial charge in [0.05, 0.1) is 12.1 Å². The number of benzene rings is 2. The largest absolute Gasteiger partial charge is 0.416 e. The van der Waals surface area contributed by atoms with Crippen LogP contribution in [0, 0.1) is 6.92 Å². The summed E-state index contributed by atoms with van der Waals surface area (Å²) in [6.07, 6.45) is -3.18. The molecule has 0 N–H and O–H groups in total. The van der Waals surface area contributed by atoms with Gasteiger partial charge >= 0.3 is 6.18 Å². The summed E-state index contributed by atoms with van der Waals surface area (Å²) in [6.45, 7) is 2.26. The second-order valence-corrected chi connectivity index (χ2v) is 7.67. The van der Waals surface area contributed by atoms with E-state index >= 15 is 0 Å². The fraction of sp³-hybridized carbons (Fsp3) is 0.182. The van der Waals surface area contributed by atoms with Crippen molar-refractivity contribution >= 4 is 11.2 Å². The van der Waals surface area contributed by atoms with E-state index in [9.17, 15) is 18.0 Å². The van der Waals surface area contributed by atoms with E-state index in [2.05, 4.69) is 25.4 Å². The number of hydrogen-bond acceptors (Lipinski definition) is 7. The van der Waals surface area contributed by atoms with E-state index in [-0.39, 0.29) is 29.3 Å². The average Bonchev–Trinajstić information content (AvgIpc) is 3.44. The summed E-state index contributed by atoms with van der Waals surface area (Å²) in [5, 5.41) is 11.7. The summed E-state index contributed by atoms with van der Waals surface area (Å²) in [5.41, 5.74) is 1.38. The molecule has 2 aromatic carbocycles. The Labute approximate surface area is 189 Å². The van der Waals surface area contributed by atoms with Gasteiger partial charge in [-0.2, -0.15) is 18.2 Å². The van der Waals surface area contributed by atoms with Crippen molar-refractivity contribution in [3.05, 3.63) is 87.8 Å². The monoisotopic (exact) mass is 467 g/mol. The predicted octanol–water partition coefficient (Wildman–Crippen LogP) is 3.46. The molecule has 172 valence electrons. The van der Waals surface area contributed by atoms with Crippen molar-refractivity contribution in [3.8, 4) is 11.4 Å². The molecule has 0 saturated heterocycles. The summed E-state index contributed by atoms with van der Waals surface area (Å²) >= 11 is 0. The van der Waals surface area contributed by atoms with Gasteiger partial charge in [0, 0.05) is 5.56 Å². The van der Waals surface area contributed by atoms with Crippen LogP contribution in [0.5, 0.6) is 0 Å². The number of aromatic nitrogens is 7. The van der Waals surface area contributed by atoms with E-state index in [0.29, 0.717) is 12.2 Å². The summed E-state index contributed by atoms with van der Waals surface area (Å²) in [5.74, 6) is 0.00920. The lowest BCUT2D eigenvalue weighted by atomic mass is 10.1. The van der Waals surface area contributed by atoms with Gasteiger partial charge in [-0.1, -0.05) is 52.3 Å². The van der Waals surface area contributed by atoms with Crippen LogP contribution in [0.4, 0.5) is 13.2 Å². The third-order valence-corrected chi connectivity index (χ3v) is 5.17. The van der Waals surface area contributed by atoms with E-state index < -0.39 is 17.3 Å². The molecule has 9 nitrogen and oxygen atoms in total. The molecule has 0 saturated carbocycles. The molecule has 5 rings (SSSR count). The van der Waals surface area contributed by atoms with E-state index in [1.807, 2.05) is 31.2 Å². The van der Waals surface area contributed by atoms with Crippen LogP contribution in [-0.2, 0) is 19.3 Å². The van der Waals surface area contributed by atoms with Crippen molar-refractivity contribution in [3.63, 3.8) is 0 Å². The number of halogens is 3. The quantitative estimate of drug-likeness (QED) is 0.390. The fourth-order valence-corrected chi connectivity index (χ4v) is 3.39. The second-order valence-electron chi connectivity index (χ2n) is 7.67. The Bertz CT molecular complexity index is 1530. The Morgan fingerprint density at radius 1 is 1.06 bits per heavy atom. The zero-order valence-electron chi connectivity index (χ0n) is 17.7. The fourth-order valence-electron chi connectivity index (χ4n) is 3.39. The molecule has 3 aromatic heterocycles. The Kier molecular flexibility index (Phi) is 5.19. The Balaban J connectivity index is 1.39. The highest BCUT2D eigenvalue weighted by atomic mass is 19.4. The van der Waals surface area contributed by atoms with E-state index in [1.165, 1.54) is 27.7 Å². The molecule has 0 aliphatic heterocycles. The van der Waals surface area contributed by atoms with Crippen LogP contribution in [0.15, 0.2) is 64.2 Å². The van der Waals surface area contributed by atoms with Crippen molar-refractivity contribution in [2.75, 3.05) is 0 Å². The first-order valence-corrected chi connectivity index (χ1v) is 10.1. The lowest BCUT2D eigenvalue weighted by Crippen LogP contribution is -2.21. The molecular formula is C22H16F3N7O2. The molecule has 0 aliphatic rings. The van der Waals surface area contributed by atoms with Crippen LogP contribution in [0.2, 0.25) is 0 Å². The minimum absolute atomic E-state index is 0.0211. The number of fused-ring (bicyclic) bond motifs is 1. The van der Waals surface area contributed by atoms with Crippen molar-refractivity contribution < 1.29 is 17.7 Å². The minimum atomic E-state index is -4.49. The van der Waals surface area contributed by atoms with Gasteiger partial charge in [-0.15, -0.1) is 5.10 Å². The van der Waals surface area contributed by atoms with Crippen molar-refractivity contribution in [1.29, 1.82) is 0 Å². The number of nitrogens with zero attached hydrogens (tertiary/aromatic N) is 7. The van der Waals surface area contributed by atoms with Crippen molar-refractivity contribution in [2.45, 2.75) is 26.2 Å². The first-order valence-electron chi connectivity index (χ1n) is 10.1. The molecule has 0 aliphatic carbocycles. The minimum Gasteiger partial charge on any atom is -0.337 e. The third kappa shape index (κ3) is 4.17. The number of rotatable bonds is 5. The summed E-state index contributed by atoms with van der Waals surface area (Å²) in [4.78, 5) is 21.3. The molecule has 0 amide bonds. The van der Waals surface area contributed by atoms with Gasteiger partial charge < -0.3 is 4.52 Å². The zero-order chi connectivity index (χ0) is 23.9. The topological polar surface area (TPSA) is 105 Å². The maximum absolute atomic E-state index is 13.0. The lowest BCUT2D eigenvalue weighted by Gasteiger charge is -2.06. The van der Waals surface area contributed by atoms with Gasteiger partial charge in [0.25, 0.3) is 5.56 Å². The summed E-state index contributed by atoms with van der Waals surface area (Å²) in [6, 6.07) is 12.5. The molecule has 0 radical (unpaired) electrons. The van der Waals surface area contributed by atoms with E-state index in [1.54, 1.807) is 0 Å². The van der Waals surface area contributed by atoms with Crippen molar-refractivity contribution in [2.24, 2.45) is 0 Å². The Morgan fingerprint density at radius 2 is 1.85 bits per heavy atom. The molecule has 0 atom stereocenters. The Hall–Kier alpha value is -4.35. The highest BCUT2D eigenvalue weighted by molar-refractivity contribution is 5.67.